The Bertz CT molecular complexity index is 528. The fraction of sp³-hybridized carbons (Fsp3) is 0.588. The predicted octanol–water partition coefficient (Wildman–Crippen LogP) is 2.15. The maximum Gasteiger partial charge on any atom is 0.237 e. The number of ether oxygens (including phenoxy) is 1. The van der Waals surface area contributed by atoms with Crippen LogP contribution < -0.4 is 11.1 Å². The molecule has 0 spiro atoms. The Kier molecular flexibility index (Phi) is 6.00. The molecule has 0 radical (unpaired) electrons. The fourth-order valence-electron chi connectivity index (χ4n) is 3.19. The second kappa shape index (κ2) is 7.60. The molecule has 0 bridgehead atoms. The summed E-state index contributed by atoms with van der Waals surface area (Å²) in [6, 6.07) is 6.11. The Labute approximate surface area is 142 Å². The van der Waals surface area contributed by atoms with Crippen molar-refractivity contribution in [2.24, 2.45) is 11.7 Å². The Morgan fingerprint density at radius 2 is 1.91 bits per heavy atom. The maximum atomic E-state index is 13.0. The first-order chi connectivity index (χ1) is 10.6. The predicted molar refractivity (Wildman–Crippen MR) is 89.1 cm³/mol. The normalized spacial score (nSPS) is 21.1. The van der Waals surface area contributed by atoms with Crippen LogP contribution in [0.25, 0.3) is 0 Å². The quantitative estimate of drug-likeness (QED) is 0.861. The second-order valence-electron chi connectivity index (χ2n) is 6.48. The fourth-order valence-corrected chi connectivity index (χ4v) is 3.19. The monoisotopic (exact) mass is 342 g/mol. The van der Waals surface area contributed by atoms with E-state index in [4.69, 9.17) is 10.5 Å². The van der Waals surface area contributed by atoms with E-state index in [9.17, 15) is 9.18 Å². The van der Waals surface area contributed by atoms with E-state index >= 15 is 0 Å². The van der Waals surface area contributed by atoms with Crippen molar-refractivity contribution in [2.45, 2.75) is 37.1 Å². The molecule has 1 amide bonds. The molecule has 1 aliphatic heterocycles. The van der Waals surface area contributed by atoms with Crippen molar-refractivity contribution in [3.05, 3.63) is 35.6 Å². The van der Waals surface area contributed by atoms with Crippen LogP contribution in [0.5, 0.6) is 0 Å². The van der Waals surface area contributed by atoms with Crippen LogP contribution in [-0.2, 0) is 14.9 Å². The van der Waals surface area contributed by atoms with Gasteiger partial charge in [-0.05, 0) is 49.3 Å². The van der Waals surface area contributed by atoms with Crippen LogP contribution in [0.3, 0.4) is 0 Å². The van der Waals surface area contributed by atoms with Gasteiger partial charge in [0, 0.05) is 25.2 Å². The molecule has 1 heterocycles. The van der Waals surface area contributed by atoms with Gasteiger partial charge < -0.3 is 15.8 Å². The molecule has 4 nitrogen and oxygen atoms in total. The SMILES string of the molecule is Cl.NC(C(=O)NCC1(c2ccc(F)cc2)CC1)C1CCOCC1. The van der Waals surface area contributed by atoms with Gasteiger partial charge >= 0.3 is 0 Å². The maximum absolute atomic E-state index is 13.0. The summed E-state index contributed by atoms with van der Waals surface area (Å²) in [6.45, 7) is 1.95. The van der Waals surface area contributed by atoms with Gasteiger partial charge in [-0.15, -0.1) is 12.4 Å². The summed E-state index contributed by atoms with van der Waals surface area (Å²) in [7, 11) is 0. The van der Waals surface area contributed by atoms with E-state index in [0.29, 0.717) is 19.8 Å². The van der Waals surface area contributed by atoms with Gasteiger partial charge in [-0.3, -0.25) is 4.79 Å². The topological polar surface area (TPSA) is 64.4 Å². The van der Waals surface area contributed by atoms with Crippen molar-refractivity contribution < 1.29 is 13.9 Å². The van der Waals surface area contributed by atoms with Crippen LogP contribution in [0, 0.1) is 11.7 Å². The van der Waals surface area contributed by atoms with Crippen molar-refractivity contribution in [2.75, 3.05) is 19.8 Å². The molecule has 1 saturated heterocycles. The van der Waals surface area contributed by atoms with E-state index in [1.807, 2.05) is 12.1 Å². The van der Waals surface area contributed by atoms with E-state index < -0.39 is 6.04 Å². The molecule has 2 fully saturated rings. The number of amides is 1. The highest BCUT2D eigenvalue weighted by Gasteiger charge is 2.44. The zero-order valence-corrected chi connectivity index (χ0v) is 13.9. The third-order valence-corrected chi connectivity index (χ3v) is 4.99. The molecular formula is C17H24ClFN2O2. The highest BCUT2D eigenvalue weighted by Crippen LogP contribution is 2.47. The van der Waals surface area contributed by atoms with E-state index in [0.717, 1.165) is 31.2 Å². The lowest BCUT2D eigenvalue weighted by molar-refractivity contribution is -0.124. The highest BCUT2D eigenvalue weighted by molar-refractivity contribution is 5.85. The summed E-state index contributed by atoms with van der Waals surface area (Å²) in [6.07, 6.45) is 3.73. The van der Waals surface area contributed by atoms with Gasteiger partial charge in [0.1, 0.15) is 5.82 Å². The van der Waals surface area contributed by atoms with Crippen molar-refractivity contribution in [3.63, 3.8) is 0 Å². The molecule has 23 heavy (non-hydrogen) atoms. The van der Waals surface area contributed by atoms with E-state index in [-0.39, 0.29) is 35.5 Å². The first-order valence-electron chi connectivity index (χ1n) is 7.98. The lowest BCUT2D eigenvalue weighted by Crippen LogP contribution is -2.48. The second-order valence-corrected chi connectivity index (χ2v) is 6.48. The van der Waals surface area contributed by atoms with Gasteiger partial charge in [0.2, 0.25) is 5.91 Å². The van der Waals surface area contributed by atoms with E-state index in [1.165, 1.54) is 12.1 Å². The molecule has 1 aromatic rings. The zero-order chi connectivity index (χ0) is 15.6. The number of nitrogens with one attached hydrogen (secondary N) is 1. The molecule has 2 aliphatic rings. The molecule has 0 aromatic heterocycles. The summed E-state index contributed by atoms with van der Waals surface area (Å²) >= 11 is 0. The van der Waals surface area contributed by atoms with Gasteiger partial charge in [0.25, 0.3) is 0 Å². The molecule has 6 heteroatoms. The van der Waals surface area contributed by atoms with Crippen LogP contribution in [0.2, 0.25) is 0 Å². The van der Waals surface area contributed by atoms with Gasteiger partial charge in [0.15, 0.2) is 0 Å². The number of nitrogens with two attached hydrogens (primary N) is 1. The highest BCUT2D eigenvalue weighted by atomic mass is 35.5. The van der Waals surface area contributed by atoms with Crippen molar-refractivity contribution in [1.82, 2.24) is 5.32 Å². The third kappa shape index (κ3) is 4.22. The number of benzene rings is 1. The molecule has 1 saturated carbocycles. The van der Waals surface area contributed by atoms with Crippen LogP contribution in [0.15, 0.2) is 24.3 Å². The van der Waals surface area contributed by atoms with Gasteiger partial charge in [-0.25, -0.2) is 4.39 Å². The van der Waals surface area contributed by atoms with E-state index in [2.05, 4.69) is 5.32 Å². The van der Waals surface area contributed by atoms with Gasteiger partial charge in [0.05, 0.1) is 6.04 Å². The van der Waals surface area contributed by atoms with Crippen molar-refractivity contribution in [3.8, 4) is 0 Å². The minimum Gasteiger partial charge on any atom is -0.381 e. The summed E-state index contributed by atoms with van der Waals surface area (Å²) in [4.78, 5) is 12.3. The summed E-state index contributed by atoms with van der Waals surface area (Å²) < 4.78 is 18.3. The number of carbonyl (C=O) groups excluding carboxylic acids is 1. The molecular weight excluding hydrogens is 319 g/mol. The number of hydrogen-bond donors (Lipinski definition) is 2. The number of hydrogen-bond acceptors (Lipinski definition) is 3. The first kappa shape index (κ1) is 18.2. The molecule has 1 aromatic carbocycles. The van der Waals surface area contributed by atoms with Crippen LogP contribution >= 0.6 is 12.4 Å². The van der Waals surface area contributed by atoms with Crippen LogP contribution in [-0.4, -0.2) is 31.7 Å². The molecule has 1 aliphatic carbocycles. The third-order valence-electron chi connectivity index (χ3n) is 4.99. The van der Waals surface area contributed by atoms with Crippen LogP contribution in [0.4, 0.5) is 4.39 Å². The van der Waals surface area contributed by atoms with E-state index in [1.54, 1.807) is 0 Å². The average molecular weight is 343 g/mol. The summed E-state index contributed by atoms with van der Waals surface area (Å²) in [5.41, 5.74) is 7.15. The molecule has 3 rings (SSSR count). The van der Waals surface area contributed by atoms with Crippen LogP contribution in [0.1, 0.15) is 31.2 Å². The average Bonchev–Trinajstić information content (AvgIpc) is 3.34. The number of halogens is 2. The van der Waals surface area contributed by atoms with Crippen molar-refractivity contribution in [1.29, 1.82) is 0 Å². The number of rotatable bonds is 5. The summed E-state index contributed by atoms with van der Waals surface area (Å²) in [5, 5.41) is 3.00. The number of carbonyl (C=O) groups is 1. The minimum atomic E-state index is -0.465. The van der Waals surface area contributed by atoms with Gasteiger partial charge in [-0.1, -0.05) is 12.1 Å². The lowest BCUT2D eigenvalue weighted by atomic mass is 9.91. The first-order valence-corrected chi connectivity index (χ1v) is 7.98. The molecule has 3 N–H and O–H groups in total. The molecule has 1 unspecified atom stereocenters. The minimum absolute atomic E-state index is 0. The zero-order valence-electron chi connectivity index (χ0n) is 13.1. The smallest absolute Gasteiger partial charge is 0.237 e. The van der Waals surface area contributed by atoms with Gasteiger partial charge in [-0.2, -0.15) is 0 Å². The largest absolute Gasteiger partial charge is 0.381 e. The Morgan fingerprint density at radius 1 is 1.30 bits per heavy atom. The Hall–Kier alpha value is -1.17. The summed E-state index contributed by atoms with van der Waals surface area (Å²) in [5.74, 6) is -0.111. The van der Waals surface area contributed by atoms with Crippen molar-refractivity contribution >= 4 is 18.3 Å². The Morgan fingerprint density at radius 3 is 2.48 bits per heavy atom. The molecule has 1 atom stereocenters. The standard InChI is InChI=1S/C17H23FN2O2.ClH/c18-14-3-1-13(2-4-14)17(7-8-17)11-20-16(21)15(19)12-5-9-22-10-6-12;/h1-4,12,15H,5-11,19H2,(H,20,21);1H. The lowest BCUT2D eigenvalue weighted by Gasteiger charge is -2.27. The molecule has 128 valence electrons. The Balaban J connectivity index is 0.00000192.